The van der Waals surface area contributed by atoms with Gasteiger partial charge >= 0.3 is 18.0 Å². The number of benzene rings is 2. The number of rotatable bonds is 10. The van der Waals surface area contributed by atoms with E-state index in [0.29, 0.717) is 0 Å². The van der Waals surface area contributed by atoms with Crippen molar-refractivity contribution < 1.29 is 33.8 Å². The largest absolute Gasteiger partial charge is 0.480 e. The minimum atomic E-state index is -1.77. The fourth-order valence-electron chi connectivity index (χ4n) is 4.02. The van der Waals surface area contributed by atoms with Crippen molar-refractivity contribution in [3.63, 3.8) is 0 Å². The van der Waals surface area contributed by atoms with Crippen LogP contribution in [0.4, 0.5) is 4.79 Å². The number of likely N-dealkylation sites (N-methyl/N-ethyl adjacent to an activating group) is 1. The maximum absolute atomic E-state index is 12.7. The summed E-state index contributed by atoms with van der Waals surface area (Å²) >= 11 is 0. The van der Waals surface area contributed by atoms with Gasteiger partial charge in [-0.15, -0.1) is 0 Å². The van der Waals surface area contributed by atoms with Gasteiger partial charge in [0.2, 0.25) is 6.04 Å². The Labute approximate surface area is 203 Å². The Morgan fingerprint density at radius 1 is 0.943 bits per heavy atom. The lowest BCUT2D eigenvalue weighted by Crippen LogP contribution is -2.57. The molecule has 0 fully saturated rings. The molecule has 0 heterocycles. The highest BCUT2D eigenvalue weighted by atomic mass is 16.6. The molecule has 186 valence electrons. The van der Waals surface area contributed by atoms with Gasteiger partial charge in [0.15, 0.2) is 0 Å². The standard InChI is InChI=1S/C25H29N3O7/c1-4-34-24(32)21(22(29)26-20(23(30)31)13-28(2)3)27-25(33)35-14-19-17-11-7-5-9-15(17)16-10-6-8-12-18(16)19/h5-12,19-21H,4,13-14H2,1-3H3,(H,26,29)(H,27,33)(H,30,31)/t20-,21?/m0/s1. The fraction of sp³-hybridized carbons (Fsp3) is 0.360. The summed E-state index contributed by atoms with van der Waals surface area (Å²) in [5.74, 6) is -3.52. The van der Waals surface area contributed by atoms with Crippen LogP contribution in [-0.2, 0) is 23.9 Å². The molecular formula is C25H29N3O7. The van der Waals surface area contributed by atoms with Crippen LogP contribution in [0.2, 0.25) is 0 Å². The molecule has 0 bridgehead atoms. The zero-order valence-corrected chi connectivity index (χ0v) is 19.8. The third kappa shape index (κ3) is 6.15. The summed E-state index contributed by atoms with van der Waals surface area (Å²) in [6.07, 6.45) is -1.00. The molecule has 0 saturated carbocycles. The SMILES string of the molecule is CCOC(=O)C(NC(=O)OCC1c2ccccc2-c2ccccc21)C(=O)N[C@@H](CN(C)C)C(=O)O. The maximum atomic E-state index is 12.7. The van der Waals surface area contributed by atoms with Gasteiger partial charge in [-0.2, -0.15) is 0 Å². The molecule has 0 spiro atoms. The van der Waals surface area contributed by atoms with Crippen LogP contribution in [0.1, 0.15) is 24.0 Å². The predicted octanol–water partition coefficient (Wildman–Crippen LogP) is 1.59. The molecule has 3 rings (SSSR count). The van der Waals surface area contributed by atoms with Crippen LogP contribution in [0.25, 0.3) is 11.1 Å². The van der Waals surface area contributed by atoms with Gasteiger partial charge < -0.3 is 24.8 Å². The predicted molar refractivity (Wildman–Crippen MR) is 127 cm³/mol. The smallest absolute Gasteiger partial charge is 0.408 e. The first-order valence-electron chi connectivity index (χ1n) is 11.2. The van der Waals surface area contributed by atoms with Gasteiger partial charge in [-0.05, 0) is 43.3 Å². The molecule has 3 N–H and O–H groups in total. The van der Waals surface area contributed by atoms with Crippen molar-refractivity contribution in [2.45, 2.75) is 24.9 Å². The number of hydrogen-bond acceptors (Lipinski definition) is 7. The third-order valence-electron chi connectivity index (χ3n) is 5.55. The Balaban J connectivity index is 1.70. The van der Waals surface area contributed by atoms with Gasteiger partial charge in [-0.3, -0.25) is 10.1 Å². The van der Waals surface area contributed by atoms with E-state index in [0.717, 1.165) is 22.3 Å². The second-order valence-corrected chi connectivity index (χ2v) is 8.32. The molecule has 10 heteroatoms. The van der Waals surface area contributed by atoms with Crippen LogP contribution in [0.15, 0.2) is 48.5 Å². The van der Waals surface area contributed by atoms with Crippen LogP contribution in [-0.4, -0.2) is 79.9 Å². The lowest BCUT2D eigenvalue weighted by atomic mass is 9.98. The van der Waals surface area contributed by atoms with E-state index >= 15 is 0 Å². The number of carboxylic acid groups (broad SMARTS) is 1. The number of carbonyl (C=O) groups is 4. The number of carbonyl (C=O) groups excluding carboxylic acids is 3. The fourth-order valence-corrected chi connectivity index (χ4v) is 4.02. The number of hydrogen-bond donors (Lipinski definition) is 3. The van der Waals surface area contributed by atoms with Crippen molar-refractivity contribution in [3.8, 4) is 11.1 Å². The minimum absolute atomic E-state index is 0.0123. The van der Waals surface area contributed by atoms with Crippen molar-refractivity contribution in [1.82, 2.24) is 15.5 Å². The maximum Gasteiger partial charge on any atom is 0.408 e. The molecule has 0 radical (unpaired) electrons. The Morgan fingerprint density at radius 3 is 2.03 bits per heavy atom. The average Bonchev–Trinajstić information content (AvgIpc) is 3.14. The van der Waals surface area contributed by atoms with E-state index in [1.807, 2.05) is 48.5 Å². The number of amides is 2. The van der Waals surface area contributed by atoms with E-state index < -0.39 is 36.0 Å². The Morgan fingerprint density at radius 2 is 1.51 bits per heavy atom. The molecule has 2 aromatic rings. The number of fused-ring (bicyclic) bond motifs is 3. The number of carboxylic acids is 1. The van der Waals surface area contributed by atoms with Crippen LogP contribution in [0, 0.1) is 0 Å². The molecule has 35 heavy (non-hydrogen) atoms. The molecule has 0 saturated heterocycles. The summed E-state index contributed by atoms with van der Waals surface area (Å²) in [5.41, 5.74) is 4.13. The lowest BCUT2D eigenvalue weighted by Gasteiger charge is -2.22. The number of nitrogens with zero attached hydrogens (tertiary/aromatic N) is 1. The highest BCUT2D eigenvalue weighted by Gasteiger charge is 2.34. The molecular weight excluding hydrogens is 454 g/mol. The first-order chi connectivity index (χ1) is 16.7. The van der Waals surface area contributed by atoms with Crippen LogP contribution >= 0.6 is 0 Å². The first-order valence-corrected chi connectivity index (χ1v) is 11.2. The Bertz CT molecular complexity index is 1060. The van der Waals surface area contributed by atoms with Crippen molar-refractivity contribution in [1.29, 1.82) is 0 Å². The van der Waals surface area contributed by atoms with Crippen LogP contribution in [0.3, 0.4) is 0 Å². The first kappa shape index (κ1) is 25.7. The van der Waals surface area contributed by atoms with Gasteiger partial charge in [-0.25, -0.2) is 14.4 Å². The molecule has 0 aliphatic heterocycles. The van der Waals surface area contributed by atoms with E-state index in [2.05, 4.69) is 10.6 Å². The second-order valence-electron chi connectivity index (χ2n) is 8.32. The number of alkyl carbamates (subject to hydrolysis) is 1. The third-order valence-corrected chi connectivity index (χ3v) is 5.55. The second kappa shape index (κ2) is 11.5. The van der Waals surface area contributed by atoms with Crippen molar-refractivity contribution in [2.24, 2.45) is 0 Å². The van der Waals surface area contributed by atoms with Crippen molar-refractivity contribution in [3.05, 3.63) is 59.7 Å². The molecule has 1 aliphatic rings. The Kier molecular flexibility index (Phi) is 8.43. The zero-order valence-electron chi connectivity index (χ0n) is 19.8. The molecule has 2 atom stereocenters. The van der Waals surface area contributed by atoms with Crippen molar-refractivity contribution in [2.75, 3.05) is 33.9 Å². The van der Waals surface area contributed by atoms with Crippen LogP contribution in [0.5, 0.6) is 0 Å². The van der Waals surface area contributed by atoms with E-state index in [4.69, 9.17) is 9.47 Å². The summed E-state index contributed by atoms with van der Waals surface area (Å²) in [6.45, 7) is 1.48. The molecule has 0 aromatic heterocycles. The van der Waals surface area contributed by atoms with E-state index in [1.54, 1.807) is 25.9 Å². The molecule has 10 nitrogen and oxygen atoms in total. The topological polar surface area (TPSA) is 134 Å². The van der Waals surface area contributed by atoms with Gasteiger partial charge in [0, 0.05) is 12.5 Å². The summed E-state index contributed by atoms with van der Waals surface area (Å²) < 4.78 is 10.3. The molecule has 1 unspecified atom stereocenters. The van der Waals surface area contributed by atoms with E-state index in [1.165, 1.54) is 0 Å². The quantitative estimate of drug-likeness (QED) is 0.343. The van der Waals surface area contributed by atoms with E-state index in [-0.39, 0.29) is 25.7 Å². The van der Waals surface area contributed by atoms with Gasteiger partial charge in [0.25, 0.3) is 5.91 Å². The monoisotopic (exact) mass is 483 g/mol. The normalized spacial score (nSPS) is 13.8. The molecule has 2 amide bonds. The number of esters is 1. The van der Waals surface area contributed by atoms with Gasteiger partial charge in [0.1, 0.15) is 12.6 Å². The summed E-state index contributed by atoms with van der Waals surface area (Å²) in [6, 6.07) is 12.6. The summed E-state index contributed by atoms with van der Waals surface area (Å²) in [7, 11) is 3.28. The highest BCUT2D eigenvalue weighted by Crippen LogP contribution is 2.44. The van der Waals surface area contributed by atoms with Crippen LogP contribution < -0.4 is 10.6 Å². The minimum Gasteiger partial charge on any atom is -0.480 e. The average molecular weight is 484 g/mol. The lowest BCUT2D eigenvalue weighted by molar-refractivity contribution is -0.151. The molecule has 2 aromatic carbocycles. The summed E-state index contributed by atoms with van der Waals surface area (Å²) in [5, 5.41) is 13.9. The number of aliphatic carboxylic acids is 1. The Hall–Kier alpha value is -3.92. The zero-order chi connectivity index (χ0) is 25.5. The molecule has 1 aliphatic carbocycles. The number of ether oxygens (including phenoxy) is 2. The highest BCUT2D eigenvalue weighted by molar-refractivity contribution is 6.05. The van der Waals surface area contributed by atoms with Gasteiger partial charge in [-0.1, -0.05) is 48.5 Å². The summed E-state index contributed by atoms with van der Waals surface area (Å²) in [4.78, 5) is 50.7. The van der Waals surface area contributed by atoms with Crippen molar-refractivity contribution >= 4 is 23.9 Å². The van der Waals surface area contributed by atoms with Gasteiger partial charge in [0.05, 0.1) is 6.61 Å². The van der Waals surface area contributed by atoms with E-state index in [9.17, 15) is 24.3 Å². The number of nitrogens with one attached hydrogen (secondary N) is 2.